The van der Waals surface area contributed by atoms with Gasteiger partial charge in [0.1, 0.15) is 24.4 Å². The van der Waals surface area contributed by atoms with Crippen LogP contribution in [0.3, 0.4) is 0 Å². The Bertz CT molecular complexity index is 1130. The lowest BCUT2D eigenvalue weighted by atomic mass is 9.99. The summed E-state index contributed by atoms with van der Waals surface area (Å²) in [5.41, 5.74) is 0. The standard InChI is InChI=1S/C54H99NO8/c1-3-5-7-9-11-13-14-15-16-17-18-19-20-21-22-23-24-25-26-27-28-29-30-31-32-33-34-36-38-40-42-44-50(58)55-47(48(57)43-41-39-37-35-12-10-8-6-4-2)46-62-54-53(61)52(60)51(59)49(45-56)63-54/h5,7,11,13,15-16,18-19,47-49,51-54,56-57,59-61H,3-4,6,8-10,12,14,17,20-46H2,1-2H3,(H,55,58)/b7-5-,13-11-,16-15-,19-18-. The van der Waals surface area contributed by atoms with Gasteiger partial charge in [-0.05, 0) is 51.4 Å². The molecule has 0 aliphatic carbocycles. The lowest BCUT2D eigenvalue weighted by Crippen LogP contribution is -2.60. The first-order valence-electron chi connectivity index (χ1n) is 26.3. The third kappa shape index (κ3) is 34.2. The van der Waals surface area contributed by atoms with Crippen LogP contribution in [-0.2, 0) is 14.3 Å². The van der Waals surface area contributed by atoms with Crippen molar-refractivity contribution in [2.75, 3.05) is 13.2 Å². The molecule has 7 unspecified atom stereocenters. The zero-order chi connectivity index (χ0) is 45.9. The molecule has 1 saturated heterocycles. The van der Waals surface area contributed by atoms with Crippen molar-refractivity contribution in [2.45, 2.75) is 275 Å². The van der Waals surface area contributed by atoms with E-state index in [-0.39, 0.29) is 12.5 Å². The number of amides is 1. The summed E-state index contributed by atoms with van der Waals surface area (Å²) in [6.07, 6.45) is 50.1. The Morgan fingerprint density at radius 1 is 0.556 bits per heavy atom. The summed E-state index contributed by atoms with van der Waals surface area (Å²) < 4.78 is 11.2. The van der Waals surface area contributed by atoms with Crippen molar-refractivity contribution in [3.8, 4) is 0 Å². The molecule has 63 heavy (non-hydrogen) atoms. The number of rotatable bonds is 44. The minimum atomic E-state index is -1.55. The molecule has 0 radical (unpaired) electrons. The fourth-order valence-corrected chi connectivity index (χ4v) is 8.27. The van der Waals surface area contributed by atoms with Gasteiger partial charge in [0.2, 0.25) is 5.91 Å². The third-order valence-electron chi connectivity index (χ3n) is 12.4. The second kappa shape index (κ2) is 44.0. The molecule has 9 nitrogen and oxygen atoms in total. The van der Waals surface area contributed by atoms with E-state index in [2.05, 4.69) is 67.8 Å². The molecule has 0 aromatic carbocycles. The van der Waals surface area contributed by atoms with Crippen molar-refractivity contribution < 1.29 is 39.8 Å². The molecule has 1 rings (SSSR count). The normalized spacial score (nSPS) is 20.5. The van der Waals surface area contributed by atoms with E-state index in [1.165, 1.54) is 141 Å². The number of hydrogen-bond acceptors (Lipinski definition) is 8. The van der Waals surface area contributed by atoms with Gasteiger partial charge in [0.25, 0.3) is 0 Å². The lowest BCUT2D eigenvalue weighted by molar-refractivity contribution is -0.302. The number of aliphatic hydroxyl groups is 5. The molecule has 0 aromatic heterocycles. The number of carbonyl (C=O) groups is 1. The molecule has 1 amide bonds. The van der Waals surface area contributed by atoms with Crippen LogP contribution in [0.4, 0.5) is 0 Å². The number of aliphatic hydroxyl groups excluding tert-OH is 5. The molecule has 7 atom stereocenters. The third-order valence-corrected chi connectivity index (χ3v) is 12.4. The zero-order valence-corrected chi connectivity index (χ0v) is 40.6. The monoisotopic (exact) mass is 890 g/mol. The van der Waals surface area contributed by atoms with Crippen molar-refractivity contribution in [2.24, 2.45) is 0 Å². The molecular formula is C54H99NO8. The summed E-state index contributed by atoms with van der Waals surface area (Å²) in [6.45, 7) is 3.70. The van der Waals surface area contributed by atoms with E-state index in [0.717, 1.165) is 64.2 Å². The van der Waals surface area contributed by atoms with Gasteiger partial charge in [0.15, 0.2) is 6.29 Å². The van der Waals surface area contributed by atoms with Gasteiger partial charge in [-0.2, -0.15) is 0 Å². The molecule has 1 aliphatic heterocycles. The Labute approximate surface area is 386 Å². The average Bonchev–Trinajstić information content (AvgIpc) is 3.28. The minimum Gasteiger partial charge on any atom is -0.394 e. The fourth-order valence-electron chi connectivity index (χ4n) is 8.27. The van der Waals surface area contributed by atoms with E-state index in [0.29, 0.717) is 12.8 Å². The van der Waals surface area contributed by atoms with Crippen LogP contribution in [0.5, 0.6) is 0 Å². The highest BCUT2D eigenvalue weighted by Gasteiger charge is 2.44. The lowest BCUT2D eigenvalue weighted by Gasteiger charge is -2.40. The van der Waals surface area contributed by atoms with Crippen molar-refractivity contribution >= 4 is 5.91 Å². The average molecular weight is 890 g/mol. The molecule has 0 saturated carbocycles. The van der Waals surface area contributed by atoms with Gasteiger partial charge in [0, 0.05) is 6.42 Å². The molecule has 0 bridgehead atoms. The van der Waals surface area contributed by atoms with E-state index in [1.54, 1.807) is 0 Å². The summed E-state index contributed by atoms with van der Waals surface area (Å²) in [6, 6.07) is -0.716. The molecule has 1 fully saturated rings. The smallest absolute Gasteiger partial charge is 0.220 e. The number of nitrogens with one attached hydrogen (secondary N) is 1. The Morgan fingerprint density at radius 2 is 0.984 bits per heavy atom. The minimum absolute atomic E-state index is 0.137. The second-order valence-corrected chi connectivity index (χ2v) is 18.3. The van der Waals surface area contributed by atoms with E-state index < -0.39 is 49.5 Å². The number of hydrogen-bond donors (Lipinski definition) is 6. The van der Waals surface area contributed by atoms with Crippen LogP contribution in [0.15, 0.2) is 48.6 Å². The molecule has 368 valence electrons. The molecule has 0 spiro atoms. The highest BCUT2D eigenvalue weighted by atomic mass is 16.7. The van der Waals surface area contributed by atoms with E-state index in [1.807, 2.05) is 0 Å². The van der Waals surface area contributed by atoms with E-state index in [9.17, 15) is 30.3 Å². The topological polar surface area (TPSA) is 149 Å². The molecule has 1 heterocycles. The Hall–Kier alpha value is -1.85. The van der Waals surface area contributed by atoms with Crippen LogP contribution in [0.2, 0.25) is 0 Å². The first-order chi connectivity index (χ1) is 30.8. The predicted octanol–water partition coefficient (Wildman–Crippen LogP) is 12.2. The maximum absolute atomic E-state index is 13.0. The summed E-state index contributed by atoms with van der Waals surface area (Å²) in [5.74, 6) is -0.146. The summed E-state index contributed by atoms with van der Waals surface area (Å²) in [4.78, 5) is 13.0. The Kier molecular flexibility index (Phi) is 41.3. The molecule has 9 heteroatoms. The van der Waals surface area contributed by atoms with Gasteiger partial charge in [-0.1, -0.05) is 223 Å². The SMILES string of the molecule is CC/C=C\C/C=C\C/C=C\C/C=C\CCCCCCCCCCCCCCCCCCCCC(=O)NC(COC1OC(CO)C(O)C(O)C1O)C(O)CCCCCCCCCCC. The maximum atomic E-state index is 13.0. The number of unbranched alkanes of at least 4 members (excludes halogenated alkanes) is 26. The molecular weight excluding hydrogens is 791 g/mol. The van der Waals surface area contributed by atoms with Crippen LogP contribution >= 0.6 is 0 Å². The van der Waals surface area contributed by atoms with E-state index in [4.69, 9.17) is 9.47 Å². The van der Waals surface area contributed by atoms with Gasteiger partial charge in [-0.3, -0.25) is 4.79 Å². The van der Waals surface area contributed by atoms with Crippen LogP contribution in [-0.4, -0.2) is 87.5 Å². The van der Waals surface area contributed by atoms with Gasteiger partial charge in [-0.25, -0.2) is 0 Å². The number of allylic oxidation sites excluding steroid dienone is 8. The largest absolute Gasteiger partial charge is 0.394 e. The van der Waals surface area contributed by atoms with Crippen LogP contribution in [0, 0.1) is 0 Å². The quantitative estimate of drug-likeness (QED) is 0.0262. The number of ether oxygens (including phenoxy) is 2. The molecule has 1 aliphatic rings. The second-order valence-electron chi connectivity index (χ2n) is 18.3. The fraction of sp³-hybridized carbons (Fsp3) is 0.833. The first-order valence-corrected chi connectivity index (χ1v) is 26.3. The molecule has 0 aromatic rings. The van der Waals surface area contributed by atoms with Gasteiger partial charge in [-0.15, -0.1) is 0 Å². The highest BCUT2D eigenvalue weighted by molar-refractivity contribution is 5.76. The molecule has 6 N–H and O–H groups in total. The van der Waals surface area contributed by atoms with E-state index >= 15 is 0 Å². The highest BCUT2D eigenvalue weighted by Crippen LogP contribution is 2.23. The Balaban J connectivity index is 2.09. The van der Waals surface area contributed by atoms with Crippen molar-refractivity contribution in [1.29, 1.82) is 0 Å². The summed E-state index contributed by atoms with van der Waals surface area (Å²) >= 11 is 0. The van der Waals surface area contributed by atoms with Crippen LogP contribution in [0.25, 0.3) is 0 Å². The van der Waals surface area contributed by atoms with Gasteiger partial charge < -0.3 is 40.3 Å². The summed E-state index contributed by atoms with van der Waals surface area (Å²) in [5, 5.41) is 54.3. The summed E-state index contributed by atoms with van der Waals surface area (Å²) in [7, 11) is 0. The zero-order valence-electron chi connectivity index (χ0n) is 40.6. The van der Waals surface area contributed by atoms with Crippen LogP contribution in [0.1, 0.15) is 232 Å². The van der Waals surface area contributed by atoms with Crippen molar-refractivity contribution in [3.63, 3.8) is 0 Å². The number of carbonyl (C=O) groups excluding carboxylic acids is 1. The Morgan fingerprint density at radius 3 is 1.46 bits per heavy atom. The maximum Gasteiger partial charge on any atom is 0.220 e. The van der Waals surface area contributed by atoms with Crippen molar-refractivity contribution in [1.82, 2.24) is 5.32 Å². The first kappa shape index (κ1) is 59.2. The predicted molar refractivity (Wildman–Crippen MR) is 263 cm³/mol. The van der Waals surface area contributed by atoms with Gasteiger partial charge >= 0.3 is 0 Å². The van der Waals surface area contributed by atoms with Gasteiger partial charge in [0.05, 0.1) is 25.4 Å². The van der Waals surface area contributed by atoms with Crippen molar-refractivity contribution in [3.05, 3.63) is 48.6 Å². The van der Waals surface area contributed by atoms with Crippen LogP contribution < -0.4 is 5.32 Å².